The van der Waals surface area contributed by atoms with Crippen LogP contribution in [0.15, 0.2) is 4.79 Å². The predicted octanol–water partition coefficient (Wildman–Crippen LogP) is -1.05. The van der Waals surface area contributed by atoms with Crippen LogP contribution in [0, 0.1) is 0 Å². The highest BCUT2D eigenvalue weighted by Crippen LogP contribution is 2.09. The average molecular weight is 170 g/mol. The summed E-state index contributed by atoms with van der Waals surface area (Å²) in [7, 11) is 2.90. The molecule has 0 amide bonds. The monoisotopic (exact) mass is 170 g/mol. The highest BCUT2D eigenvalue weighted by molar-refractivity contribution is 5.56. The molecule has 6 nitrogen and oxygen atoms in total. The van der Waals surface area contributed by atoms with E-state index >= 15 is 0 Å². The maximum absolute atomic E-state index is 11.2. The zero-order valence-electron chi connectivity index (χ0n) is 6.87. The van der Waals surface area contributed by atoms with Crippen molar-refractivity contribution in [3.8, 4) is 6.01 Å². The molecule has 0 aliphatic heterocycles. The average Bonchev–Trinajstić information content (AvgIpc) is 2.08. The highest BCUT2D eigenvalue weighted by Gasteiger charge is 2.08. The van der Waals surface area contributed by atoms with Crippen LogP contribution in [-0.4, -0.2) is 16.7 Å². The van der Waals surface area contributed by atoms with Gasteiger partial charge < -0.3 is 16.2 Å². The van der Waals surface area contributed by atoms with Crippen molar-refractivity contribution in [1.29, 1.82) is 0 Å². The minimum atomic E-state index is -0.403. The van der Waals surface area contributed by atoms with E-state index in [0.29, 0.717) is 0 Å². The van der Waals surface area contributed by atoms with Crippen LogP contribution in [0.2, 0.25) is 0 Å². The minimum absolute atomic E-state index is 0.00468. The van der Waals surface area contributed by atoms with Gasteiger partial charge in [0.2, 0.25) is 0 Å². The standard InChI is InChI=1S/C6H10N4O2/c1-10-5(11)3(7)4(8)9-6(10)12-2/h7-8H2,1-2H3. The lowest BCUT2D eigenvalue weighted by Crippen LogP contribution is -2.24. The third-order valence-electron chi connectivity index (χ3n) is 1.50. The lowest BCUT2D eigenvalue weighted by atomic mass is 10.5. The molecule has 1 heterocycles. The molecule has 0 aromatic carbocycles. The van der Waals surface area contributed by atoms with Crippen LogP contribution in [0.4, 0.5) is 11.5 Å². The first-order valence-electron chi connectivity index (χ1n) is 3.24. The molecule has 0 saturated carbocycles. The fourth-order valence-corrected chi connectivity index (χ4v) is 0.798. The summed E-state index contributed by atoms with van der Waals surface area (Å²) in [6, 6.07) is 0.145. The van der Waals surface area contributed by atoms with Gasteiger partial charge in [-0.2, -0.15) is 4.98 Å². The number of methoxy groups -OCH3 is 1. The van der Waals surface area contributed by atoms with Crippen molar-refractivity contribution in [2.24, 2.45) is 7.05 Å². The van der Waals surface area contributed by atoms with Gasteiger partial charge in [0.15, 0.2) is 5.82 Å². The van der Waals surface area contributed by atoms with E-state index in [1.807, 2.05) is 0 Å². The van der Waals surface area contributed by atoms with Gasteiger partial charge in [0.25, 0.3) is 5.56 Å². The molecule has 6 heteroatoms. The van der Waals surface area contributed by atoms with Crippen LogP contribution in [0.1, 0.15) is 0 Å². The van der Waals surface area contributed by atoms with Gasteiger partial charge in [-0.15, -0.1) is 0 Å². The second-order valence-electron chi connectivity index (χ2n) is 2.26. The Morgan fingerprint density at radius 3 is 2.58 bits per heavy atom. The van der Waals surface area contributed by atoms with E-state index in [-0.39, 0.29) is 17.5 Å². The van der Waals surface area contributed by atoms with Crippen molar-refractivity contribution >= 4 is 11.5 Å². The third kappa shape index (κ3) is 1.07. The van der Waals surface area contributed by atoms with E-state index in [4.69, 9.17) is 16.2 Å². The zero-order chi connectivity index (χ0) is 9.30. The second kappa shape index (κ2) is 2.72. The van der Waals surface area contributed by atoms with Crippen LogP contribution in [0.5, 0.6) is 6.01 Å². The Morgan fingerprint density at radius 1 is 1.50 bits per heavy atom. The van der Waals surface area contributed by atoms with Crippen LogP contribution in [0.3, 0.4) is 0 Å². The SMILES string of the molecule is COc1nc(N)c(N)c(=O)n1C. The van der Waals surface area contributed by atoms with Gasteiger partial charge in [0.1, 0.15) is 5.69 Å². The molecule has 0 aliphatic rings. The van der Waals surface area contributed by atoms with Crippen molar-refractivity contribution in [3.05, 3.63) is 10.4 Å². The first kappa shape index (κ1) is 8.38. The van der Waals surface area contributed by atoms with E-state index in [1.165, 1.54) is 18.7 Å². The van der Waals surface area contributed by atoms with Gasteiger partial charge >= 0.3 is 6.01 Å². The molecule has 0 aliphatic carbocycles. The van der Waals surface area contributed by atoms with Crippen molar-refractivity contribution in [3.63, 3.8) is 0 Å². The molecule has 1 aromatic rings. The molecule has 1 aromatic heterocycles. The Morgan fingerprint density at radius 2 is 2.08 bits per heavy atom. The summed E-state index contributed by atoms with van der Waals surface area (Å²) in [5.74, 6) is -0.00468. The fourth-order valence-electron chi connectivity index (χ4n) is 0.798. The Balaban J connectivity index is 3.50. The van der Waals surface area contributed by atoms with E-state index in [2.05, 4.69) is 4.98 Å². The first-order chi connectivity index (χ1) is 5.57. The topological polar surface area (TPSA) is 96.2 Å². The molecule has 0 saturated heterocycles. The molecular formula is C6H10N4O2. The minimum Gasteiger partial charge on any atom is -0.468 e. The Kier molecular flexibility index (Phi) is 1.90. The Hall–Kier alpha value is -1.72. The number of nitrogens with zero attached hydrogens (tertiary/aromatic N) is 2. The summed E-state index contributed by atoms with van der Waals surface area (Å²) in [6.07, 6.45) is 0. The number of hydrogen-bond acceptors (Lipinski definition) is 5. The summed E-state index contributed by atoms with van der Waals surface area (Å²) in [4.78, 5) is 15.0. The largest absolute Gasteiger partial charge is 0.468 e. The van der Waals surface area contributed by atoms with E-state index in [9.17, 15) is 4.79 Å². The molecule has 1 rings (SSSR count). The molecule has 4 N–H and O–H groups in total. The summed E-state index contributed by atoms with van der Waals surface area (Å²) < 4.78 is 5.96. The second-order valence-corrected chi connectivity index (χ2v) is 2.26. The number of nitrogen functional groups attached to an aromatic ring is 2. The van der Waals surface area contributed by atoms with E-state index in [1.54, 1.807) is 0 Å². The van der Waals surface area contributed by atoms with Gasteiger partial charge in [0.05, 0.1) is 7.11 Å². The van der Waals surface area contributed by atoms with Crippen LogP contribution in [-0.2, 0) is 7.05 Å². The van der Waals surface area contributed by atoms with Gasteiger partial charge in [0, 0.05) is 7.05 Å². The lowest BCUT2D eigenvalue weighted by molar-refractivity contribution is 0.358. The summed E-state index contributed by atoms with van der Waals surface area (Å²) in [5, 5.41) is 0. The van der Waals surface area contributed by atoms with Gasteiger partial charge in [-0.25, -0.2) is 0 Å². The number of anilines is 2. The summed E-state index contributed by atoms with van der Waals surface area (Å²) in [5.41, 5.74) is 10.2. The molecule has 0 atom stereocenters. The lowest BCUT2D eigenvalue weighted by Gasteiger charge is -2.06. The van der Waals surface area contributed by atoms with Crippen LogP contribution < -0.4 is 21.8 Å². The fraction of sp³-hybridized carbons (Fsp3) is 0.333. The summed E-state index contributed by atoms with van der Waals surface area (Å²) >= 11 is 0. The quantitative estimate of drug-likeness (QED) is 0.560. The van der Waals surface area contributed by atoms with E-state index < -0.39 is 5.56 Å². The number of aromatic nitrogens is 2. The third-order valence-corrected chi connectivity index (χ3v) is 1.50. The number of nitrogens with two attached hydrogens (primary N) is 2. The van der Waals surface area contributed by atoms with Gasteiger partial charge in [-0.3, -0.25) is 9.36 Å². The van der Waals surface area contributed by atoms with Crippen molar-refractivity contribution in [2.45, 2.75) is 0 Å². The zero-order valence-corrected chi connectivity index (χ0v) is 6.87. The van der Waals surface area contributed by atoms with Crippen LogP contribution >= 0.6 is 0 Å². The molecule has 12 heavy (non-hydrogen) atoms. The van der Waals surface area contributed by atoms with Crippen molar-refractivity contribution in [1.82, 2.24) is 9.55 Å². The normalized spacial score (nSPS) is 9.83. The van der Waals surface area contributed by atoms with Gasteiger partial charge in [-0.05, 0) is 0 Å². The molecule has 0 unspecified atom stereocenters. The highest BCUT2D eigenvalue weighted by atomic mass is 16.5. The number of hydrogen-bond donors (Lipinski definition) is 2. The maximum atomic E-state index is 11.2. The predicted molar refractivity (Wildman–Crippen MR) is 44.9 cm³/mol. The smallest absolute Gasteiger partial charge is 0.300 e. The molecular weight excluding hydrogens is 160 g/mol. The molecule has 0 spiro atoms. The van der Waals surface area contributed by atoms with E-state index in [0.717, 1.165) is 0 Å². The Bertz CT molecular complexity index is 357. The number of ether oxygens (including phenoxy) is 1. The molecule has 0 fully saturated rings. The maximum Gasteiger partial charge on any atom is 0.300 e. The molecule has 66 valence electrons. The summed E-state index contributed by atoms with van der Waals surface area (Å²) in [6.45, 7) is 0. The first-order valence-corrected chi connectivity index (χ1v) is 3.24. The molecule has 0 radical (unpaired) electrons. The van der Waals surface area contributed by atoms with Crippen molar-refractivity contribution < 1.29 is 4.74 Å². The van der Waals surface area contributed by atoms with Crippen LogP contribution in [0.25, 0.3) is 0 Å². The van der Waals surface area contributed by atoms with Crippen molar-refractivity contribution in [2.75, 3.05) is 18.6 Å². The Labute approximate surface area is 68.8 Å². The molecule has 0 bridgehead atoms. The number of rotatable bonds is 1. The van der Waals surface area contributed by atoms with Gasteiger partial charge in [-0.1, -0.05) is 0 Å².